The molecular weight excluding hydrogens is 470 g/mol. The lowest BCUT2D eigenvalue weighted by molar-refractivity contribution is -0.149. The summed E-state index contributed by atoms with van der Waals surface area (Å²) >= 11 is 0. The normalized spacial score (nSPS) is 27.0. The van der Waals surface area contributed by atoms with Crippen LogP contribution in [-0.2, 0) is 24.3 Å². The maximum absolute atomic E-state index is 12.6. The topological polar surface area (TPSA) is 122 Å². The van der Waals surface area contributed by atoms with Gasteiger partial charge in [-0.3, -0.25) is 14.4 Å². The van der Waals surface area contributed by atoms with E-state index in [2.05, 4.69) is 10.6 Å². The van der Waals surface area contributed by atoms with Crippen LogP contribution in [0.3, 0.4) is 0 Å². The van der Waals surface area contributed by atoms with E-state index in [1.165, 1.54) is 47.8 Å². The molecule has 1 aromatic rings. The minimum Gasteiger partial charge on any atom is -0.454 e. The number of esters is 1. The maximum atomic E-state index is 12.6. The minimum absolute atomic E-state index is 0.0993. The zero-order valence-corrected chi connectivity index (χ0v) is 21.2. The van der Waals surface area contributed by atoms with Crippen molar-refractivity contribution in [2.24, 2.45) is 17.8 Å². The Morgan fingerprint density at radius 1 is 0.971 bits per heavy atom. The van der Waals surface area contributed by atoms with Crippen molar-refractivity contribution in [1.82, 2.24) is 14.9 Å². The minimum atomic E-state index is -3.61. The Labute approximate surface area is 207 Å². The molecule has 4 aliphatic carbocycles. The highest BCUT2D eigenvalue weighted by molar-refractivity contribution is 7.89. The summed E-state index contributed by atoms with van der Waals surface area (Å²) in [4.78, 5) is 37.0. The van der Waals surface area contributed by atoms with Crippen molar-refractivity contribution in [2.75, 3.05) is 26.2 Å². The van der Waals surface area contributed by atoms with Crippen LogP contribution in [0.4, 0.5) is 0 Å². The van der Waals surface area contributed by atoms with E-state index in [4.69, 9.17) is 4.74 Å². The largest absolute Gasteiger partial charge is 0.454 e. The lowest BCUT2D eigenvalue weighted by atomic mass is 9.53. The molecule has 0 atom stereocenters. The Hall–Kier alpha value is -2.46. The number of carbonyl (C=O) groups excluding carboxylic acids is 3. The van der Waals surface area contributed by atoms with Crippen LogP contribution in [0.5, 0.6) is 0 Å². The Morgan fingerprint density at radius 2 is 1.51 bits per heavy atom. The average Bonchev–Trinajstić information content (AvgIpc) is 2.80. The second-order valence-corrected chi connectivity index (χ2v) is 12.1. The number of nitrogens with zero attached hydrogens (tertiary/aromatic N) is 1. The molecule has 0 heterocycles. The summed E-state index contributed by atoms with van der Waals surface area (Å²) in [6.45, 7) is 3.47. The molecule has 4 bridgehead atoms. The SMILES string of the molecule is CCN(CC)S(=O)(=O)c1ccc(C(=O)NCC(=O)OCC(=O)NC23CC4CC(CC(C4)C2)C3)cc1. The summed E-state index contributed by atoms with van der Waals surface area (Å²) < 4.78 is 31.5. The van der Waals surface area contributed by atoms with Gasteiger partial charge in [-0.1, -0.05) is 13.8 Å². The Kier molecular flexibility index (Phi) is 7.51. The molecule has 0 aromatic heterocycles. The molecule has 4 fully saturated rings. The molecule has 1 aromatic carbocycles. The molecule has 4 saturated carbocycles. The van der Waals surface area contributed by atoms with Gasteiger partial charge in [-0.25, -0.2) is 8.42 Å². The fourth-order valence-electron chi connectivity index (χ4n) is 6.54. The number of amides is 2. The molecule has 35 heavy (non-hydrogen) atoms. The summed E-state index contributed by atoms with van der Waals surface area (Å²) in [5, 5.41) is 5.60. The van der Waals surface area contributed by atoms with Gasteiger partial charge in [-0.05, 0) is 80.5 Å². The summed E-state index contributed by atoms with van der Waals surface area (Å²) in [5.41, 5.74) is 0.0769. The van der Waals surface area contributed by atoms with Crippen LogP contribution in [-0.4, -0.2) is 62.3 Å². The first-order chi connectivity index (χ1) is 16.6. The van der Waals surface area contributed by atoms with Crippen LogP contribution in [0.1, 0.15) is 62.7 Å². The molecule has 0 saturated heterocycles. The van der Waals surface area contributed by atoms with Gasteiger partial charge in [0.1, 0.15) is 6.54 Å². The van der Waals surface area contributed by atoms with Gasteiger partial charge in [0, 0.05) is 24.2 Å². The van der Waals surface area contributed by atoms with E-state index in [0.29, 0.717) is 30.8 Å². The standard InChI is InChI=1S/C25H35N3O6S/c1-3-28(4-2)35(32,33)21-7-5-20(6-8-21)24(31)26-15-23(30)34-16-22(29)27-25-12-17-9-18(13-25)11-19(10-17)14-25/h5-8,17-19H,3-4,9-16H2,1-2H3,(H,26,31)(H,27,29). The molecule has 192 valence electrons. The highest BCUT2D eigenvalue weighted by atomic mass is 32.2. The molecule has 9 nitrogen and oxygen atoms in total. The first kappa shape index (κ1) is 25.6. The fourth-order valence-corrected chi connectivity index (χ4v) is 8.00. The third-order valence-electron chi connectivity index (χ3n) is 7.66. The van der Waals surface area contributed by atoms with E-state index in [0.717, 1.165) is 19.3 Å². The lowest BCUT2D eigenvalue weighted by Crippen LogP contribution is -2.60. The average molecular weight is 506 g/mol. The van der Waals surface area contributed by atoms with Crippen molar-refractivity contribution < 1.29 is 27.5 Å². The van der Waals surface area contributed by atoms with Crippen molar-refractivity contribution in [2.45, 2.75) is 62.8 Å². The molecule has 0 aliphatic heterocycles. The number of rotatable bonds is 10. The maximum Gasteiger partial charge on any atom is 0.325 e. The Balaban J connectivity index is 1.22. The van der Waals surface area contributed by atoms with Gasteiger partial charge in [0.2, 0.25) is 10.0 Å². The van der Waals surface area contributed by atoms with E-state index >= 15 is 0 Å². The smallest absolute Gasteiger partial charge is 0.325 e. The monoisotopic (exact) mass is 505 g/mol. The van der Waals surface area contributed by atoms with Crippen LogP contribution in [0.2, 0.25) is 0 Å². The fraction of sp³-hybridized carbons (Fsp3) is 0.640. The molecule has 10 heteroatoms. The van der Waals surface area contributed by atoms with Crippen molar-refractivity contribution in [3.05, 3.63) is 29.8 Å². The zero-order valence-electron chi connectivity index (χ0n) is 20.4. The molecule has 0 radical (unpaired) electrons. The van der Waals surface area contributed by atoms with E-state index in [1.54, 1.807) is 13.8 Å². The molecule has 0 unspecified atom stereocenters. The Morgan fingerprint density at radius 3 is 2.03 bits per heavy atom. The molecule has 4 aliphatic rings. The van der Waals surface area contributed by atoms with Gasteiger partial charge in [0.15, 0.2) is 6.61 Å². The van der Waals surface area contributed by atoms with Gasteiger partial charge in [0.25, 0.3) is 11.8 Å². The van der Waals surface area contributed by atoms with Gasteiger partial charge >= 0.3 is 5.97 Å². The summed E-state index contributed by atoms with van der Waals surface area (Å²) in [6, 6.07) is 5.54. The predicted molar refractivity (Wildman–Crippen MR) is 129 cm³/mol. The van der Waals surface area contributed by atoms with E-state index in [1.807, 2.05) is 0 Å². The van der Waals surface area contributed by atoms with Gasteiger partial charge < -0.3 is 15.4 Å². The number of nitrogens with one attached hydrogen (secondary N) is 2. The third-order valence-corrected chi connectivity index (χ3v) is 9.72. The summed E-state index contributed by atoms with van der Waals surface area (Å²) in [6.07, 6.45) is 6.88. The first-order valence-corrected chi connectivity index (χ1v) is 13.9. The quantitative estimate of drug-likeness (QED) is 0.470. The van der Waals surface area contributed by atoms with Crippen LogP contribution in [0.25, 0.3) is 0 Å². The van der Waals surface area contributed by atoms with E-state index in [9.17, 15) is 22.8 Å². The number of ether oxygens (including phenoxy) is 1. The lowest BCUT2D eigenvalue weighted by Gasteiger charge is -2.56. The molecule has 2 amide bonds. The highest BCUT2D eigenvalue weighted by Gasteiger charge is 2.51. The van der Waals surface area contributed by atoms with Crippen LogP contribution in [0.15, 0.2) is 29.2 Å². The third kappa shape index (κ3) is 5.69. The van der Waals surface area contributed by atoms with Gasteiger partial charge in [-0.15, -0.1) is 0 Å². The van der Waals surface area contributed by atoms with Crippen LogP contribution < -0.4 is 10.6 Å². The van der Waals surface area contributed by atoms with Crippen LogP contribution in [0, 0.1) is 17.8 Å². The molecule has 5 rings (SSSR count). The molecule has 0 spiro atoms. The molecule has 2 N–H and O–H groups in total. The zero-order chi connectivity index (χ0) is 25.2. The number of carbonyl (C=O) groups is 3. The van der Waals surface area contributed by atoms with Gasteiger partial charge in [-0.2, -0.15) is 4.31 Å². The number of benzene rings is 1. The van der Waals surface area contributed by atoms with Crippen molar-refractivity contribution in [3.63, 3.8) is 0 Å². The number of hydrogen-bond donors (Lipinski definition) is 2. The number of hydrogen-bond acceptors (Lipinski definition) is 6. The van der Waals surface area contributed by atoms with Crippen molar-refractivity contribution >= 4 is 27.8 Å². The van der Waals surface area contributed by atoms with Crippen molar-refractivity contribution in [3.8, 4) is 0 Å². The predicted octanol–water partition coefficient (Wildman–Crippen LogP) is 2.08. The first-order valence-electron chi connectivity index (χ1n) is 12.5. The summed E-state index contributed by atoms with van der Waals surface area (Å²) in [7, 11) is -3.61. The van der Waals surface area contributed by atoms with Crippen LogP contribution >= 0.6 is 0 Å². The highest BCUT2D eigenvalue weighted by Crippen LogP contribution is 2.55. The molecular formula is C25H35N3O6S. The van der Waals surface area contributed by atoms with E-state index < -0.39 is 21.9 Å². The second kappa shape index (κ2) is 10.3. The summed E-state index contributed by atoms with van der Waals surface area (Å²) in [5.74, 6) is 0.560. The Bertz CT molecular complexity index is 1030. The van der Waals surface area contributed by atoms with E-state index in [-0.39, 0.29) is 35.1 Å². The van der Waals surface area contributed by atoms with Gasteiger partial charge in [0.05, 0.1) is 4.90 Å². The number of sulfonamides is 1. The van der Waals surface area contributed by atoms with Crippen molar-refractivity contribution in [1.29, 1.82) is 0 Å². The second-order valence-electron chi connectivity index (χ2n) is 10.2.